The molecule has 0 bridgehead atoms. The van der Waals surface area contributed by atoms with Crippen molar-refractivity contribution in [3.63, 3.8) is 0 Å². The first-order valence-corrected chi connectivity index (χ1v) is 6.07. The molecule has 1 aromatic carbocycles. The molecule has 2 atom stereocenters. The van der Waals surface area contributed by atoms with Gasteiger partial charge in [0.1, 0.15) is 0 Å². The van der Waals surface area contributed by atoms with Gasteiger partial charge in [-0.2, -0.15) is 0 Å². The molecule has 1 aromatic rings. The fourth-order valence-corrected chi connectivity index (χ4v) is 2.40. The van der Waals surface area contributed by atoms with Crippen LogP contribution in [0.5, 0.6) is 0 Å². The van der Waals surface area contributed by atoms with Crippen LogP contribution < -0.4 is 5.32 Å². The average Bonchev–Trinajstić information content (AvgIpc) is 2.36. The normalized spacial score (nSPS) is 22.1. The summed E-state index contributed by atoms with van der Waals surface area (Å²) in [4.78, 5) is 10.9. The van der Waals surface area contributed by atoms with E-state index < -0.39 is 29.3 Å². The molecule has 1 aliphatic rings. The standard InChI is InChI=1S/C13H14F3NO2.ClH/c14-10-4-7(5-11(15)12(10)16)3-9-6-8(13(18)19)1-2-17-9;/h4-5,8-9,17H,1-3,6H2,(H,18,19);1H. The first-order valence-electron chi connectivity index (χ1n) is 6.07. The van der Waals surface area contributed by atoms with E-state index in [0.29, 0.717) is 24.9 Å². The first-order chi connectivity index (χ1) is 8.97. The lowest BCUT2D eigenvalue weighted by molar-refractivity contribution is -0.142. The Morgan fingerprint density at radius 2 is 1.90 bits per heavy atom. The molecule has 0 amide bonds. The number of nitrogens with one attached hydrogen (secondary N) is 1. The third-order valence-electron chi connectivity index (χ3n) is 3.37. The fourth-order valence-electron chi connectivity index (χ4n) is 2.40. The van der Waals surface area contributed by atoms with Crippen molar-refractivity contribution in [2.24, 2.45) is 5.92 Å². The topological polar surface area (TPSA) is 49.3 Å². The molecule has 0 saturated carbocycles. The Morgan fingerprint density at radius 1 is 1.30 bits per heavy atom. The minimum atomic E-state index is -1.48. The van der Waals surface area contributed by atoms with E-state index in [-0.39, 0.29) is 24.9 Å². The average molecular weight is 310 g/mol. The SMILES string of the molecule is Cl.O=C(O)C1CCNC(Cc2cc(F)c(F)c(F)c2)C1. The van der Waals surface area contributed by atoms with Gasteiger partial charge < -0.3 is 10.4 Å². The van der Waals surface area contributed by atoms with Gasteiger partial charge in [-0.25, -0.2) is 13.2 Å². The molecule has 112 valence electrons. The molecular weight excluding hydrogens is 295 g/mol. The van der Waals surface area contributed by atoms with Gasteiger partial charge in [-0.1, -0.05) is 0 Å². The highest BCUT2D eigenvalue weighted by Crippen LogP contribution is 2.21. The predicted molar refractivity (Wildman–Crippen MR) is 69.4 cm³/mol. The fraction of sp³-hybridized carbons (Fsp3) is 0.462. The van der Waals surface area contributed by atoms with Crippen LogP contribution in [-0.2, 0) is 11.2 Å². The van der Waals surface area contributed by atoms with E-state index in [2.05, 4.69) is 5.32 Å². The highest BCUT2D eigenvalue weighted by Gasteiger charge is 2.27. The van der Waals surface area contributed by atoms with Crippen LogP contribution in [0.4, 0.5) is 13.2 Å². The monoisotopic (exact) mass is 309 g/mol. The minimum absolute atomic E-state index is 0. The van der Waals surface area contributed by atoms with Gasteiger partial charge in [-0.15, -0.1) is 12.4 Å². The van der Waals surface area contributed by atoms with Crippen molar-refractivity contribution in [1.29, 1.82) is 0 Å². The lowest BCUT2D eigenvalue weighted by Crippen LogP contribution is -2.41. The van der Waals surface area contributed by atoms with Gasteiger partial charge in [0.05, 0.1) is 5.92 Å². The molecule has 0 aromatic heterocycles. The maximum absolute atomic E-state index is 13.1. The van der Waals surface area contributed by atoms with Crippen molar-refractivity contribution in [1.82, 2.24) is 5.32 Å². The number of hydrogen-bond donors (Lipinski definition) is 2. The Balaban J connectivity index is 0.00000200. The number of carboxylic acid groups (broad SMARTS) is 1. The van der Waals surface area contributed by atoms with Crippen molar-refractivity contribution >= 4 is 18.4 Å². The number of piperidine rings is 1. The molecule has 1 aliphatic heterocycles. The molecule has 1 saturated heterocycles. The van der Waals surface area contributed by atoms with Gasteiger partial charge in [0.2, 0.25) is 0 Å². The second-order valence-electron chi connectivity index (χ2n) is 4.79. The summed E-state index contributed by atoms with van der Waals surface area (Å²) in [6.45, 7) is 0.549. The molecule has 1 heterocycles. The number of benzene rings is 1. The largest absolute Gasteiger partial charge is 0.481 e. The molecule has 0 aliphatic carbocycles. The number of carbonyl (C=O) groups is 1. The van der Waals surface area contributed by atoms with Crippen molar-refractivity contribution in [3.05, 3.63) is 35.1 Å². The van der Waals surface area contributed by atoms with Gasteiger partial charge in [0.15, 0.2) is 17.5 Å². The summed E-state index contributed by atoms with van der Waals surface area (Å²) in [5.41, 5.74) is 0.319. The number of aliphatic carboxylic acids is 1. The summed E-state index contributed by atoms with van der Waals surface area (Å²) in [5.74, 6) is -5.23. The minimum Gasteiger partial charge on any atom is -0.481 e. The quantitative estimate of drug-likeness (QED) is 0.844. The van der Waals surface area contributed by atoms with E-state index >= 15 is 0 Å². The molecule has 2 unspecified atom stereocenters. The van der Waals surface area contributed by atoms with Crippen LogP contribution in [0.25, 0.3) is 0 Å². The lowest BCUT2D eigenvalue weighted by Gasteiger charge is -2.28. The first kappa shape index (κ1) is 16.8. The van der Waals surface area contributed by atoms with E-state index in [4.69, 9.17) is 5.11 Å². The molecule has 7 heteroatoms. The number of hydrogen-bond acceptors (Lipinski definition) is 2. The molecule has 2 N–H and O–H groups in total. The third-order valence-corrected chi connectivity index (χ3v) is 3.37. The summed E-state index contributed by atoms with van der Waals surface area (Å²) >= 11 is 0. The van der Waals surface area contributed by atoms with Crippen LogP contribution in [0, 0.1) is 23.4 Å². The Hall–Kier alpha value is -1.27. The van der Waals surface area contributed by atoms with Crippen molar-refractivity contribution in [3.8, 4) is 0 Å². The second kappa shape index (κ2) is 6.95. The predicted octanol–water partition coefficient (Wildman–Crippen LogP) is 2.52. The Morgan fingerprint density at radius 3 is 2.45 bits per heavy atom. The Kier molecular flexibility index (Phi) is 5.83. The summed E-state index contributed by atoms with van der Waals surface area (Å²) in [7, 11) is 0. The van der Waals surface area contributed by atoms with Gasteiger partial charge in [0, 0.05) is 6.04 Å². The smallest absolute Gasteiger partial charge is 0.306 e. The van der Waals surface area contributed by atoms with Gasteiger partial charge >= 0.3 is 5.97 Å². The van der Waals surface area contributed by atoms with E-state index in [9.17, 15) is 18.0 Å². The highest BCUT2D eigenvalue weighted by atomic mass is 35.5. The van der Waals surface area contributed by atoms with Crippen LogP contribution in [0.15, 0.2) is 12.1 Å². The lowest BCUT2D eigenvalue weighted by atomic mass is 9.89. The van der Waals surface area contributed by atoms with Gasteiger partial charge in [-0.3, -0.25) is 4.79 Å². The third kappa shape index (κ3) is 3.86. The van der Waals surface area contributed by atoms with Crippen LogP contribution in [0.2, 0.25) is 0 Å². The van der Waals surface area contributed by atoms with E-state index in [1.807, 2.05) is 0 Å². The number of rotatable bonds is 3. The summed E-state index contributed by atoms with van der Waals surface area (Å²) in [5, 5.41) is 12.1. The van der Waals surface area contributed by atoms with Crippen molar-refractivity contribution in [2.75, 3.05) is 6.54 Å². The molecular formula is C13H15ClF3NO2. The van der Waals surface area contributed by atoms with E-state index in [0.717, 1.165) is 12.1 Å². The maximum Gasteiger partial charge on any atom is 0.306 e. The van der Waals surface area contributed by atoms with E-state index in [1.54, 1.807) is 0 Å². The number of carboxylic acids is 1. The Labute approximate surface area is 120 Å². The molecule has 1 fully saturated rings. The zero-order valence-electron chi connectivity index (χ0n) is 10.5. The van der Waals surface area contributed by atoms with Crippen molar-refractivity contribution < 1.29 is 23.1 Å². The molecule has 3 nitrogen and oxygen atoms in total. The van der Waals surface area contributed by atoms with E-state index in [1.165, 1.54) is 0 Å². The van der Waals surface area contributed by atoms with Gasteiger partial charge in [0.25, 0.3) is 0 Å². The molecule has 20 heavy (non-hydrogen) atoms. The van der Waals surface area contributed by atoms with Crippen LogP contribution in [0.3, 0.4) is 0 Å². The number of halogens is 4. The van der Waals surface area contributed by atoms with Crippen LogP contribution >= 0.6 is 12.4 Å². The summed E-state index contributed by atoms with van der Waals surface area (Å²) in [6.07, 6.45) is 1.21. The van der Waals surface area contributed by atoms with Crippen LogP contribution in [0.1, 0.15) is 18.4 Å². The molecule has 2 rings (SSSR count). The van der Waals surface area contributed by atoms with Crippen LogP contribution in [-0.4, -0.2) is 23.7 Å². The zero-order valence-corrected chi connectivity index (χ0v) is 11.4. The van der Waals surface area contributed by atoms with Crippen molar-refractivity contribution in [2.45, 2.75) is 25.3 Å². The highest BCUT2D eigenvalue weighted by molar-refractivity contribution is 5.85. The molecule has 0 spiro atoms. The zero-order chi connectivity index (χ0) is 14.0. The summed E-state index contributed by atoms with van der Waals surface area (Å²) < 4.78 is 39.0. The Bertz CT molecular complexity index is 475. The molecule has 0 radical (unpaired) electrons. The maximum atomic E-state index is 13.1. The second-order valence-corrected chi connectivity index (χ2v) is 4.79. The van der Waals surface area contributed by atoms with Gasteiger partial charge in [-0.05, 0) is 43.5 Å². The summed E-state index contributed by atoms with van der Waals surface area (Å²) in [6, 6.07) is 1.73.